The lowest BCUT2D eigenvalue weighted by Gasteiger charge is -2.35. The van der Waals surface area contributed by atoms with Gasteiger partial charge in [-0.3, -0.25) is 0 Å². The Morgan fingerprint density at radius 2 is 1.23 bits per heavy atom. The van der Waals surface area contributed by atoms with Gasteiger partial charge >= 0.3 is 23.9 Å². The molecule has 0 N–H and O–H groups in total. The third-order valence-electron chi connectivity index (χ3n) is 2.84. The maximum atomic E-state index is 13.4. The van der Waals surface area contributed by atoms with Gasteiger partial charge in [-0.15, -0.1) is 0 Å². The molecule has 0 unspecified atom stereocenters. The molecule has 0 aliphatic carbocycles. The average Bonchev–Trinajstić information content (AvgIpc) is 2.37. The predicted octanol–water partition coefficient (Wildman–Crippen LogP) is 4.59. The van der Waals surface area contributed by atoms with Crippen molar-refractivity contribution in [2.75, 3.05) is 18.5 Å². The first-order chi connectivity index (χ1) is 9.74. The SMILES string of the molecule is CN(CC(F)(F)C(F)(F)C(F)(F)C(F)(F)F)c1ccccc1. The van der Waals surface area contributed by atoms with Gasteiger partial charge in [-0.05, 0) is 12.1 Å². The first kappa shape index (κ1) is 18.4. The van der Waals surface area contributed by atoms with E-state index in [9.17, 15) is 39.5 Å². The number of hydrogen-bond acceptors (Lipinski definition) is 1. The molecule has 1 aromatic rings. The van der Waals surface area contributed by atoms with Gasteiger partial charge in [0.15, 0.2) is 0 Å². The zero-order chi connectivity index (χ0) is 17.4. The molecule has 0 spiro atoms. The molecule has 1 nitrogen and oxygen atoms in total. The van der Waals surface area contributed by atoms with Gasteiger partial charge in [-0.1, -0.05) is 18.2 Å². The predicted molar refractivity (Wildman–Crippen MR) is 60.6 cm³/mol. The van der Waals surface area contributed by atoms with Crippen LogP contribution in [0, 0.1) is 0 Å². The third kappa shape index (κ3) is 3.09. The van der Waals surface area contributed by atoms with Crippen LogP contribution in [0.3, 0.4) is 0 Å². The number of benzene rings is 1. The van der Waals surface area contributed by atoms with Crippen LogP contribution < -0.4 is 4.90 Å². The molecule has 0 saturated carbocycles. The number of alkyl halides is 9. The molecule has 0 atom stereocenters. The van der Waals surface area contributed by atoms with Crippen LogP contribution in [0.25, 0.3) is 0 Å². The molecule has 0 aliphatic heterocycles. The van der Waals surface area contributed by atoms with Gasteiger partial charge < -0.3 is 4.90 Å². The highest BCUT2D eigenvalue weighted by Gasteiger charge is 2.81. The highest BCUT2D eigenvalue weighted by Crippen LogP contribution is 2.53. The zero-order valence-electron chi connectivity index (χ0n) is 10.9. The van der Waals surface area contributed by atoms with Gasteiger partial charge in [0.2, 0.25) is 0 Å². The summed E-state index contributed by atoms with van der Waals surface area (Å²) in [6, 6.07) is 6.59. The van der Waals surface area contributed by atoms with Gasteiger partial charge in [0, 0.05) is 12.7 Å². The fourth-order valence-corrected chi connectivity index (χ4v) is 1.58. The molecule has 126 valence electrons. The highest BCUT2D eigenvalue weighted by molar-refractivity contribution is 5.45. The molecule has 0 aromatic heterocycles. The van der Waals surface area contributed by atoms with E-state index in [0.717, 1.165) is 7.05 Å². The Hall–Kier alpha value is -1.61. The number of nitrogens with zero attached hydrogens (tertiary/aromatic N) is 1. The van der Waals surface area contributed by atoms with E-state index in [4.69, 9.17) is 0 Å². The smallest absolute Gasteiger partial charge is 0.368 e. The topological polar surface area (TPSA) is 3.24 Å². The maximum Gasteiger partial charge on any atom is 0.460 e. The Morgan fingerprint density at radius 1 is 0.773 bits per heavy atom. The quantitative estimate of drug-likeness (QED) is 0.709. The lowest BCUT2D eigenvalue weighted by molar-refractivity contribution is -0.394. The molecule has 0 saturated heterocycles. The van der Waals surface area contributed by atoms with Crippen molar-refractivity contribution in [1.29, 1.82) is 0 Å². The first-order valence-electron chi connectivity index (χ1n) is 5.70. The molecule has 0 radical (unpaired) electrons. The van der Waals surface area contributed by atoms with E-state index < -0.39 is 30.5 Å². The van der Waals surface area contributed by atoms with Crippen LogP contribution in [0.4, 0.5) is 45.2 Å². The minimum atomic E-state index is -6.86. The summed E-state index contributed by atoms with van der Waals surface area (Å²) in [5.74, 6) is -19.1. The van der Waals surface area contributed by atoms with Crippen LogP contribution in [-0.2, 0) is 0 Å². The molecule has 10 heteroatoms. The molecule has 22 heavy (non-hydrogen) atoms. The van der Waals surface area contributed by atoms with E-state index in [-0.39, 0.29) is 5.69 Å². The standard InChI is InChI=1S/C12H10F9N/c1-22(8-5-3-2-4-6-8)7-9(13,14)10(15,16)11(17,18)12(19,20)21/h2-6H,7H2,1H3. The first-order valence-corrected chi connectivity index (χ1v) is 5.70. The highest BCUT2D eigenvalue weighted by atomic mass is 19.4. The zero-order valence-corrected chi connectivity index (χ0v) is 10.9. The molecule has 0 heterocycles. The average molecular weight is 339 g/mol. The van der Waals surface area contributed by atoms with Crippen molar-refractivity contribution in [1.82, 2.24) is 0 Å². The van der Waals surface area contributed by atoms with Crippen molar-refractivity contribution in [2.24, 2.45) is 0 Å². The van der Waals surface area contributed by atoms with E-state index in [0.29, 0.717) is 4.90 Å². The minimum absolute atomic E-state index is 0.0479. The summed E-state index contributed by atoms with van der Waals surface area (Å²) >= 11 is 0. The molecule has 1 rings (SSSR count). The molecule has 1 aromatic carbocycles. The van der Waals surface area contributed by atoms with Gasteiger partial charge in [0.05, 0.1) is 6.54 Å². The van der Waals surface area contributed by atoms with E-state index >= 15 is 0 Å². The lowest BCUT2D eigenvalue weighted by Crippen LogP contribution is -2.63. The number of para-hydroxylation sites is 1. The summed E-state index contributed by atoms with van der Waals surface area (Å²) in [5.41, 5.74) is -0.0479. The third-order valence-corrected chi connectivity index (χ3v) is 2.84. The van der Waals surface area contributed by atoms with Crippen molar-refractivity contribution >= 4 is 5.69 Å². The fraction of sp³-hybridized carbons (Fsp3) is 0.500. The van der Waals surface area contributed by atoms with Gasteiger partial charge in [-0.25, -0.2) is 0 Å². The van der Waals surface area contributed by atoms with Gasteiger partial charge in [-0.2, -0.15) is 39.5 Å². The fourth-order valence-electron chi connectivity index (χ4n) is 1.58. The van der Waals surface area contributed by atoms with Crippen LogP contribution in [0.2, 0.25) is 0 Å². The van der Waals surface area contributed by atoms with Crippen LogP contribution in [0.1, 0.15) is 0 Å². The van der Waals surface area contributed by atoms with Crippen LogP contribution >= 0.6 is 0 Å². The summed E-state index contributed by atoms with van der Waals surface area (Å²) in [4.78, 5) is 0.459. The second kappa shape index (κ2) is 5.54. The molecule has 0 bridgehead atoms. The van der Waals surface area contributed by atoms with Crippen LogP contribution in [-0.4, -0.2) is 37.5 Å². The van der Waals surface area contributed by atoms with Crippen molar-refractivity contribution in [3.63, 3.8) is 0 Å². The second-order valence-corrected chi connectivity index (χ2v) is 4.54. The number of hydrogen-bond donors (Lipinski definition) is 0. The van der Waals surface area contributed by atoms with Crippen LogP contribution in [0.5, 0.6) is 0 Å². The number of rotatable bonds is 5. The summed E-state index contributed by atoms with van der Waals surface area (Å²) in [6.07, 6.45) is -6.80. The molecular formula is C12H10F9N. The number of anilines is 1. The summed E-state index contributed by atoms with van der Waals surface area (Å²) in [6.45, 7) is -2.02. The van der Waals surface area contributed by atoms with Crippen molar-refractivity contribution in [3.05, 3.63) is 30.3 Å². The van der Waals surface area contributed by atoms with Gasteiger partial charge in [0.25, 0.3) is 0 Å². The molecule has 0 aliphatic rings. The van der Waals surface area contributed by atoms with Gasteiger partial charge in [0.1, 0.15) is 0 Å². The normalized spacial score (nSPS) is 14.1. The Labute approximate surface area is 119 Å². The molecular weight excluding hydrogens is 329 g/mol. The largest absolute Gasteiger partial charge is 0.460 e. The summed E-state index contributed by atoms with van der Waals surface area (Å²) in [5, 5.41) is 0. The number of halogens is 9. The van der Waals surface area contributed by atoms with E-state index in [1.54, 1.807) is 0 Å². The molecule has 0 amide bonds. The van der Waals surface area contributed by atoms with Crippen molar-refractivity contribution < 1.29 is 39.5 Å². The van der Waals surface area contributed by atoms with E-state index in [2.05, 4.69) is 0 Å². The van der Waals surface area contributed by atoms with Crippen molar-refractivity contribution in [3.8, 4) is 0 Å². The Kier molecular flexibility index (Phi) is 4.65. The monoisotopic (exact) mass is 339 g/mol. The summed E-state index contributed by atoms with van der Waals surface area (Å²) in [7, 11) is 0.866. The van der Waals surface area contributed by atoms with Crippen molar-refractivity contribution in [2.45, 2.75) is 23.9 Å². The molecule has 0 fully saturated rings. The Bertz CT molecular complexity index is 495. The van der Waals surface area contributed by atoms with E-state index in [1.165, 1.54) is 30.3 Å². The lowest BCUT2D eigenvalue weighted by atomic mass is 10.0. The summed E-state index contributed by atoms with van der Waals surface area (Å²) < 4.78 is 114. The van der Waals surface area contributed by atoms with Crippen LogP contribution in [0.15, 0.2) is 30.3 Å². The second-order valence-electron chi connectivity index (χ2n) is 4.54. The Morgan fingerprint density at radius 3 is 1.64 bits per heavy atom. The Balaban J connectivity index is 3.07. The van der Waals surface area contributed by atoms with E-state index in [1.807, 2.05) is 0 Å². The minimum Gasteiger partial charge on any atom is -0.368 e. The maximum absolute atomic E-state index is 13.4.